The lowest BCUT2D eigenvalue weighted by atomic mass is 9.90. The maximum Gasteiger partial charge on any atom is 0.245 e. The molecule has 4 aromatic rings. The Kier molecular flexibility index (Phi) is 3.30. The molecule has 0 unspecified atom stereocenters. The van der Waals surface area contributed by atoms with Crippen molar-refractivity contribution in [2.24, 2.45) is 4.99 Å². The van der Waals surface area contributed by atoms with Crippen LogP contribution in [-0.4, -0.2) is 12.6 Å². The van der Waals surface area contributed by atoms with E-state index in [0.29, 0.717) is 6.42 Å². The first-order chi connectivity index (χ1) is 11.3. The molecule has 4 rings (SSSR count). The number of nitrogens with zero attached hydrogens (tertiary/aromatic N) is 1. The van der Waals surface area contributed by atoms with Gasteiger partial charge in [-0.2, -0.15) is 0 Å². The Balaban J connectivity index is 1.86. The van der Waals surface area contributed by atoms with Gasteiger partial charge < -0.3 is 0 Å². The molecule has 0 radical (unpaired) electrons. The highest BCUT2D eigenvalue weighted by Crippen LogP contribution is 2.36. The molecule has 0 atom stereocenters. The van der Waals surface area contributed by atoms with Crippen molar-refractivity contribution in [3.05, 3.63) is 60.2 Å². The van der Waals surface area contributed by atoms with Crippen LogP contribution in [0, 0.1) is 0 Å². The molecule has 0 N–H and O–H groups in total. The van der Waals surface area contributed by atoms with Crippen molar-refractivity contribution in [1.29, 1.82) is 0 Å². The summed E-state index contributed by atoms with van der Waals surface area (Å²) < 4.78 is 0. The number of hydrogen-bond donors (Lipinski definition) is 0. The number of rotatable bonds is 4. The lowest BCUT2D eigenvalue weighted by Gasteiger charge is -2.13. The lowest BCUT2D eigenvalue weighted by molar-refractivity contribution is -0.117. The Morgan fingerprint density at radius 1 is 0.870 bits per heavy atom. The molecule has 0 spiro atoms. The highest BCUT2D eigenvalue weighted by Gasteiger charge is 2.10. The van der Waals surface area contributed by atoms with E-state index in [1.807, 2.05) is 0 Å². The maximum atomic E-state index is 11.3. The zero-order chi connectivity index (χ0) is 15.8. The van der Waals surface area contributed by atoms with E-state index < -0.39 is 0 Å². The predicted molar refractivity (Wildman–Crippen MR) is 97.6 cm³/mol. The average molecular weight is 299 g/mol. The van der Waals surface area contributed by atoms with Crippen LogP contribution in [0.4, 0.5) is 0 Å². The molecule has 2 heteroatoms. The summed E-state index contributed by atoms with van der Waals surface area (Å²) in [6, 6.07) is 19.6. The van der Waals surface area contributed by atoms with Crippen LogP contribution >= 0.6 is 0 Å². The Labute approximate surface area is 134 Å². The Bertz CT molecular complexity index is 1020. The summed E-state index contributed by atoms with van der Waals surface area (Å²) in [5.74, 6) is -0.122. The fourth-order valence-electron chi connectivity index (χ4n) is 3.52. The molecular formula is C21H17NO. The SMILES string of the molecule is C=NC(=O)CCCc1ccc2ccc3cccc4ccc1c2c34. The molecule has 0 fully saturated rings. The fourth-order valence-corrected chi connectivity index (χ4v) is 3.52. The van der Waals surface area contributed by atoms with E-state index in [9.17, 15) is 4.79 Å². The van der Waals surface area contributed by atoms with Crippen LogP contribution in [0.25, 0.3) is 32.3 Å². The summed E-state index contributed by atoms with van der Waals surface area (Å²) in [5.41, 5.74) is 1.30. The van der Waals surface area contributed by atoms with E-state index in [-0.39, 0.29) is 5.91 Å². The van der Waals surface area contributed by atoms with Gasteiger partial charge >= 0.3 is 0 Å². The van der Waals surface area contributed by atoms with E-state index in [2.05, 4.69) is 66.3 Å². The van der Waals surface area contributed by atoms with Crippen LogP contribution in [0.2, 0.25) is 0 Å². The number of benzene rings is 4. The number of aliphatic imine (C=N–C) groups is 1. The van der Waals surface area contributed by atoms with Crippen LogP contribution in [-0.2, 0) is 11.2 Å². The largest absolute Gasteiger partial charge is 0.273 e. The van der Waals surface area contributed by atoms with Crippen molar-refractivity contribution in [1.82, 2.24) is 0 Å². The Hall–Kier alpha value is -2.74. The van der Waals surface area contributed by atoms with Gasteiger partial charge in [-0.3, -0.25) is 4.79 Å². The molecule has 112 valence electrons. The number of carbonyl (C=O) groups is 1. The molecule has 4 aromatic carbocycles. The molecule has 23 heavy (non-hydrogen) atoms. The number of amides is 1. The van der Waals surface area contributed by atoms with Crippen molar-refractivity contribution < 1.29 is 4.79 Å². The second kappa shape index (κ2) is 5.47. The quantitative estimate of drug-likeness (QED) is 0.379. The number of aryl methyl sites for hydroxylation is 1. The highest BCUT2D eigenvalue weighted by molar-refractivity contribution is 6.23. The standard InChI is InChI=1S/C21H17NO/c1-22-19(23)7-3-4-14-8-9-17-11-10-15-5-2-6-16-12-13-18(14)21(17)20(15)16/h2,5-6,8-13H,1,3-4,7H2. The van der Waals surface area contributed by atoms with E-state index in [4.69, 9.17) is 0 Å². The maximum absolute atomic E-state index is 11.3. The summed E-state index contributed by atoms with van der Waals surface area (Å²) in [6.45, 7) is 3.29. The van der Waals surface area contributed by atoms with Crippen LogP contribution < -0.4 is 0 Å². The zero-order valence-corrected chi connectivity index (χ0v) is 12.9. The third kappa shape index (κ3) is 2.27. The lowest BCUT2D eigenvalue weighted by Crippen LogP contribution is -1.95. The van der Waals surface area contributed by atoms with Crippen molar-refractivity contribution in [3.63, 3.8) is 0 Å². The summed E-state index contributed by atoms with van der Waals surface area (Å²) in [7, 11) is 0. The number of carbonyl (C=O) groups excluding carboxylic acids is 1. The molecule has 2 nitrogen and oxygen atoms in total. The zero-order valence-electron chi connectivity index (χ0n) is 12.9. The van der Waals surface area contributed by atoms with Crippen LogP contribution in [0.1, 0.15) is 18.4 Å². The summed E-state index contributed by atoms with van der Waals surface area (Å²) >= 11 is 0. The molecule has 0 heterocycles. The summed E-state index contributed by atoms with van der Waals surface area (Å²) in [6.07, 6.45) is 2.16. The summed E-state index contributed by atoms with van der Waals surface area (Å²) in [5, 5.41) is 7.81. The van der Waals surface area contributed by atoms with E-state index in [1.165, 1.54) is 37.9 Å². The number of hydrogen-bond acceptors (Lipinski definition) is 1. The van der Waals surface area contributed by atoms with Gasteiger partial charge in [0.1, 0.15) is 0 Å². The highest BCUT2D eigenvalue weighted by atomic mass is 16.1. The first-order valence-electron chi connectivity index (χ1n) is 7.93. The van der Waals surface area contributed by atoms with E-state index in [1.54, 1.807) is 0 Å². The van der Waals surface area contributed by atoms with Crippen molar-refractivity contribution in [3.8, 4) is 0 Å². The molecule has 0 aliphatic rings. The third-order valence-corrected chi connectivity index (χ3v) is 4.63. The average Bonchev–Trinajstić information content (AvgIpc) is 2.60. The van der Waals surface area contributed by atoms with Crippen molar-refractivity contribution >= 4 is 44.9 Å². The van der Waals surface area contributed by atoms with Crippen LogP contribution in [0.5, 0.6) is 0 Å². The van der Waals surface area contributed by atoms with Gasteiger partial charge in [-0.1, -0.05) is 54.6 Å². The monoisotopic (exact) mass is 299 g/mol. The first kappa shape index (κ1) is 13.9. The van der Waals surface area contributed by atoms with Gasteiger partial charge in [0.15, 0.2) is 0 Å². The first-order valence-corrected chi connectivity index (χ1v) is 7.93. The molecule has 0 saturated heterocycles. The van der Waals surface area contributed by atoms with Gasteiger partial charge in [0, 0.05) is 6.42 Å². The van der Waals surface area contributed by atoms with Gasteiger partial charge in [-0.25, -0.2) is 4.99 Å². The van der Waals surface area contributed by atoms with Gasteiger partial charge in [0.05, 0.1) is 0 Å². The Morgan fingerprint density at radius 2 is 1.52 bits per heavy atom. The minimum absolute atomic E-state index is 0.122. The van der Waals surface area contributed by atoms with Gasteiger partial charge in [-0.15, -0.1) is 0 Å². The van der Waals surface area contributed by atoms with Crippen LogP contribution in [0.3, 0.4) is 0 Å². The topological polar surface area (TPSA) is 29.4 Å². The smallest absolute Gasteiger partial charge is 0.245 e. The molecule has 1 amide bonds. The third-order valence-electron chi connectivity index (χ3n) is 4.63. The second-order valence-corrected chi connectivity index (χ2v) is 5.99. The summed E-state index contributed by atoms with van der Waals surface area (Å²) in [4.78, 5) is 14.8. The molecule has 0 saturated carbocycles. The minimum Gasteiger partial charge on any atom is -0.273 e. The molecule has 0 aliphatic heterocycles. The molecule has 0 bridgehead atoms. The minimum atomic E-state index is -0.122. The molecular weight excluding hydrogens is 282 g/mol. The normalized spacial score (nSPS) is 11.5. The van der Waals surface area contributed by atoms with Crippen molar-refractivity contribution in [2.75, 3.05) is 0 Å². The van der Waals surface area contributed by atoms with Crippen molar-refractivity contribution in [2.45, 2.75) is 19.3 Å². The van der Waals surface area contributed by atoms with Crippen LogP contribution in [0.15, 0.2) is 59.6 Å². The van der Waals surface area contributed by atoms with Gasteiger partial charge in [-0.05, 0) is 57.4 Å². The van der Waals surface area contributed by atoms with Gasteiger partial charge in [0.2, 0.25) is 5.91 Å². The van der Waals surface area contributed by atoms with E-state index in [0.717, 1.165) is 12.8 Å². The predicted octanol–water partition coefficient (Wildman–Crippen LogP) is 5.13. The molecule has 0 aromatic heterocycles. The molecule has 0 aliphatic carbocycles. The van der Waals surface area contributed by atoms with Gasteiger partial charge in [0.25, 0.3) is 0 Å². The van der Waals surface area contributed by atoms with E-state index >= 15 is 0 Å². The second-order valence-electron chi connectivity index (χ2n) is 5.99. The fraction of sp³-hybridized carbons (Fsp3) is 0.143. The Morgan fingerprint density at radius 3 is 2.26 bits per heavy atom.